The molecule has 0 saturated heterocycles. The lowest BCUT2D eigenvalue weighted by atomic mass is 10.0. The minimum atomic E-state index is -0.156. The lowest BCUT2D eigenvalue weighted by Gasteiger charge is -2.15. The number of hydrogen-bond donors (Lipinski definition) is 1. The van der Waals surface area contributed by atoms with Gasteiger partial charge in [0, 0.05) is 16.3 Å². The van der Waals surface area contributed by atoms with E-state index >= 15 is 0 Å². The van der Waals surface area contributed by atoms with Crippen LogP contribution in [0.15, 0.2) is 66.7 Å². The van der Waals surface area contributed by atoms with Gasteiger partial charge in [0.25, 0.3) is 5.91 Å². The zero-order valence-electron chi connectivity index (χ0n) is 15.7. The molecule has 2 nitrogen and oxygen atoms in total. The Balaban J connectivity index is 2.04. The Labute approximate surface area is 165 Å². The number of halogens is 1. The summed E-state index contributed by atoms with van der Waals surface area (Å²) < 4.78 is 0. The van der Waals surface area contributed by atoms with E-state index in [9.17, 15) is 4.79 Å². The first-order chi connectivity index (χ1) is 13.0. The number of aryl methyl sites for hydroxylation is 3. The van der Waals surface area contributed by atoms with Crippen molar-refractivity contribution in [2.24, 2.45) is 0 Å². The first-order valence-corrected chi connectivity index (χ1v) is 9.24. The maximum Gasteiger partial charge on any atom is 0.256 e. The van der Waals surface area contributed by atoms with Crippen LogP contribution in [-0.2, 0) is 4.79 Å². The molecule has 0 fully saturated rings. The molecule has 0 aliphatic heterocycles. The van der Waals surface area contributed by atoms with Crippen LogP contribution in [0.2, 0.25) is 5.02 Å². The Morgan fingerprint density at radius 2 is 1.48 bits per heavy atom. The van der Waals surface area contributed by atoms with Crippen molar-refractivity contribution in [1.29, 1.82) is 0 Å². The van der Waals surface area contributed by atoms with Crippen LogP contribution in [0, 0.1) is 20.8 Å². The van der Waals surface area contributed by atoms with Crippen LogP contribution >= 0.6 is 11.6 Å². The predicted molar refractivity (Wildman–Crippen MR) is 115 cm³/mol. The van der Waals surface area contributed by atoms with Gasteiger partial charge in [-0.15, -0.1) is 0 Å². The van der Waals surface area contributed by atoms with Crippen LogP contribution < -0.4 is 5.32 Å². The number of nitrogens with one attached hydrogen (secondary N) is 1. The third-order valence-electron chi connectivity index (χ3n) is 4.45. The molecule has 0 radical (unpaired) electrons. The highest BCUT2D eigenvalue weighted by Gasteiger charge is 2.15. The van der Waals surface area contributed by atoms with Crippen LogP contribution in [0.3, 0.4) is 0 Å². The van der Waals surface area contributed by atoms with Gasteiger partial charge in [0.15, 0.2) is 0 Å². The fraction of sp³-hybridized carbons (Fsp3) is 0.125. The van der Waals surface area contributed by atoms with E-state index in [0.717, 1.165) is 27.9 Å². The SMILES string of the molecule is Cc1cc(C)c(NC(=O)/C(=C/c2ccccc2Cl)c2ccccc2)c(C)c1. The highest BCUT2D eigenvalue weighted by Crippen LogP contribution is 2.27. The average molecular weight is 376 g/mol. The van der Waals surface area contributed by atoms with Gasteiger partial charge in [-0.1, -0.05) is 77.8 Å². The number of amides is 1. The van der Waals surface area contributed by atoms with E-state index in [1.807, 2.05) is 74.5 Å². The van der Waals surface area contributed by atoms with Gasteiger partial charge in [0.2, 0.25) is 0 Å². The Hall–Kier alpha value is -2.84. The summed E-state index contributed by atoms with van der Waals surface area (Å²) in [6, 6.07) is 21.3. The summed E-state index contributed by atoms with van der Waals surface area (Å²) in [6.45, 7) is 6.07. The number of carbonyl (C=O) groups excluding carboxylic acids is 1. The molecule has 3 aromatic carbocycles. The Kier molecular flexibility index (Phi) is 5.78. The third-order valence-corrected chi connectivity index (χ3v) is 4.79. The lowest BCUT2D eigenvalue weighted by Crippen LogP contribution is -2.15. The maximum atomic E-state index is 13.2. The van der Waals surface area contributed by atoms with Crippen molar-refractivity contribution in [3.8, 4) is 0 Å². The molecule has 136 valence electrons. The van der Waals surface area contributed by atoms with Crippen molar-refractivity contribution < 1.29 is 4.79 Å². The highest BCUT2D eigenvalue weighted by molar-refractivity contribution is 6.34. The molecule has 0 spiro atoms. The second kappa shape index (κ2) is 8.24. The molecule has 0 atom stereocenters. The van der Waals surface area contributed by atoms with Crippen LogP contribution in [0.25, 0.3) is 11.6 Å². The molecule has 0 bridgehead atoms. The van der Waals surface area contributed by atoms with Crippen LogP contribution in [0.1, 0.15) is 27.8 Å². The molecule has 0 aromatic heterocycles. The molecule has 0 aliphatic carbocycles. The van der Waals surface area contributed by atoms with E-state index in [2.05, 4.69) is 24.4 Å². The molecule has 1 amide bonds. The Bertz CT molecular complexity index is 983. The van der Waals surface area contributed by atoms with Gasteiger partial charge in [-0.3, -0.25) is 4.79 Å². The van der Waals surface area contributed by atoms with Gasteiger partial charge >= 0.3 is 0 Å². The number of benzene rings is 3. The fourth-order valence-corrected chi connectivity index (χ4v) is 3.39. The quantitative estimate of drug-likeness (QED) is 0.412. The second-order valence-corrected chi connectivity index (χ2v) is 7.08. The summed E-state index contributed by atoms with van der Waals surface area (Å²) in [5.74, 6) is -0.156. The summed E-state index contributed by atoms with van der Waals surface area (Å²) >= 11 is 6.31. The number of hydrogen-bond acceptors (Lipinski definition) is 1. The minimum absolute atomic E-state index is 0.156. The highest BCUT2D eigenvalue weighted by atomic mass is 35.5. The van der Waals surface area contributed by atoms with E-state index in [4.69, 9.17) is 11.6 Å². The van der Waals surface area contributed by atoms with E-state index in [1.54, 1.807) is 0 Å². The average Bonchev–Trinajstić information content (AvgIpc) is 2.64. The molecular weight excluding hydrogens is 354 g/mol. The minimum Gasteiger partial charge on any atom is -0.321 e. The third kappa shape index (κ3) is 4.47. The second-order valence-electron chi connectivity index (χ2n) is 6.67. The standard InChI is InChI=1S/C24H22ClNO/c1-16-13-17(2)23(18(3)14-16)26-24(27)21(19-9-5-4-6-10-19)15-20-11-7-8-12-22(20)25/h4-15H,1-3H3,(H,26,27)/b21-15+. The summed E-state index contributed by atoms with van der Waals surface area (Å²) in [4.78, 5) is 13.2. The van der Waals surface area contributed by atoms with Crippen molar-refractivity contribution >= 4 is 34.8 Å². The molecule has 0 heterocycles. The van der Waals surface area contributed by atoms with Crippen molar-refractivity contribution in [2.75, 3.05) is 5.32 Å². The summed E-state index contributed by atoms with van der Waals surface area (Å²) in [7, 11) is 0. The first kappa shape index (κ1) is 18.9. The first-order valence-electron chi connectivity index (χ1n) is 8.86. The zero-order valence-corrected chi connectivity index (χ0v) is 16.5. The molecule has 3 rings (SSSR count). The summed E-state index contributed by atoms with van der Waals surface area (Å²) in [6.07, 6.45) is 1.84. The van der Waals surface area contributed by atoms with Gasteiger partial charge in [0.1, 0.15) is 0 Å². The maximum absolute atomic E-state index is 13.2. The van der Waals surface area contributed by atoms with Crippen LogP contribution in [0.5, 0.6) is 0 Å². The molecule has 1 N–H and O–H groups in total. The van der Waals surface area contributed by atoms with E-state index < -0.39 is 0 Å². The molecule has 3 aromatic rings. The normalized spacial score (nSPS) is 11.3. The topological polar surface area (TPSA) is 29.1 Å². The van der Waals surface area contributed by atoms with Gasteiger partial charge < -0.3 is 5.32 Å². The van der Waals surface area contributed by atoms with Crippen molar-refractivity contribution in [3.05, 3.63) is 99.6 Å². The van der Waals surface area contributed by atoms with Crippen molar-refractivity contribution in [1.82, 2.24) is 0 Å². The molecule has 0 aliphatic rings. The van der Waals surface area contributed by atoms with Gasteiger partial charge in [-0.05, 0) is 55.2 Å². The Morgan fingerprint density at radius 1 is 0.889 bits per heavy atom. The van der Waals surface area contributed by atoms with Gasteiger partial charge in [-0.25, -0.2) is 0 Å². The summed E-state index contributed by atoms with van der Waals surface area (Å²) in [5.41, 5.74) is 6.35. The van der Waals surface area contributed by atoms with Gasteiger partial charge in [-0.2, -0.15) is 0 Å². The van der Waals surface area contributed by atoms with E-state index in [1.165, 1.54) is 5.56 Å². The zero-order chi connectivity index (χ0) is 19.4. The monoisotopic (exact) mass is 375 g/mol. The van der Waals surface area contributed by atoms with Crippen molar-refractivity contribution in [3.63, 3.8) is 0 Å². The molecule has 27 heavy (non-hydrogen) atoms. The van der Waals surface area contributed by atoms with Crippen LogP contribution in [0.4, 0.5) is 5.69 Å². The fourth-order valence-electron chi connectivity index (χ4n) is 3.20. The molecular formula is C24H22ClNO. The molecule has 0 saturated carbocycles. The number of rotatable bonds is 4. The lowest BCUT2D eigenvalue weighted by molar-refractivity contribution is -0.111. The van der Waals surface area contributed by atoms with E-state index in [0.29, 0.717) is 10.6 Å². The Morgan fingerprint density at radius 3 is 2.11 bits per heavy atom. The smallest absolute Gasteiger partial charge is 0.256 e. The summed E-state index contributed by atoms with van der Waals surface area (Å²) in [5, 5.41) is 3.71. The number of carbonyl (C=O) groups is 1. The van der Waals surface area contributed by atoms with Crippen LogP contribution in [-0.4, -0.2) is 5.91 Å². The molecule has 3 heteroatoms. The molecule has 0 unspecified atom stereocenters. The van der Waals surface area contributed by atoms with Gasteiger partial charge in [0.05, 0.1) is 0 Å². The number of anilines is 1. The predicted octanol–water partition coefficient (Wildman–Crippen LogP) is 6.44. The van der Waals surface area contributed by atoms with E-state index in [-0.39, 0.29) is 5.91 Å². The largest absolute Gasteiger partial charge is 0.321 e. The van der Waals surface area contributed by atoms with Crippen molar-refractivity contribution in [2.45, 2.75) is 20.8 Å².